The second kappa shape index (κ2) is 8.56. The van der Waals surface area contributed by atoms with Gasteiger partial charge >= 0.3 is 11.9 Å². The van der Waals surface area contributed by atoms with E-state index in [0.717, 1.165) is 25.1 Å². The number of nitrogens with one attached hydrogen (secondary N) is 1. The van der Waals surface area contributed by atoms with Crippen LogP contribution in [0.15, 0.2) is 42.5 Å². The molecule has 0 bridgehead atoms. The van der Waals surface area contributed by atoms with E-state index in [1.807, 2.05) is 23.1 Å². The topological polar surface area (TPSA) is 84.9 Å². The van der Waals surface area contributed by atoms with Gasteiger partial charge in [0, 0.05) is 12.2 Å². The van der Waals surface area contributed by atoms with Crippen LogP contribution in [0.4, 0.5) is 11.4 Å². The summed E-state index contributed by atoms with van der Waals surface area (Å²) in [7, 11) is 2.52. The third-order valence-electron chi connectivity index (χ3n) is 4.66. The largest absolute Gasteiger partial charge is 0.465 e. The molecule has 7 heteroatoms. The van der Waals surface area contributed by atoms with Gasteiger partial charge in [-0.05, 0) is 42.7 Å². The number of para-hydroxylation sites is 1. The summed E-state index contributed by atoms with van der Waals surface area (Å²) in [6.07, 6.45) is 1.96. The predicted molar refractivity (Wildman–Crippen MR) is 105 cm³/mol. The minimum atomic E-state index is -0.602. The molecule has 2 aromatic rings. The Labute approximate surface area is 163 Å². The standard InChI is InChI=1S/C21H22N2O5/c1-27-20(25)15-9-10-16(21(26)28-2)17(12-15)22-19(24)13-23-11-5-7-14-6-3-4-8-18(14)23/h3-4,6,8-10,12H,5,7,11,13H2,1-2H3,(H,22,24). The van der Waals surface area contributed by atoms with Crippen molar-refractivity contribution in [1.82, 2.24) is 0 Å². The molecule has 0 aliphatic carbocycles. The van der Waals surface area contributed by atoms with E-state index in [1.54, 1.807) is 0 Å². The Morgan fingerprint density at radius 2 is 1.79 bits per heavy atom. The van der Waals surface area contributed by atoms with Gasteiger partial charge in [-0.15, -0.1) is 0 Å². The van der Waals surface area contributed by atoms with Crippen LogP contribution in [0.3, 0.4) is 0 Å². The Kier molecular flexibility index (Phi) is 5.93. The molecule has 0 spiro atoms. The summed E-state index contributed by atoms with van der Waals surface area (Å²) in [5.41, 5.74) is 2.87. The summed E-state index contributed by atoms with van der Waals surface area (Å²) >= 11 is 0. The third kappa shape index (κ3) is 4.14. The van der Waals surface area contributed by atoms with Crippen molar-refractivity contribution in [3.05, 3.63) is 59.2 Å². The van der Waals surface area contributed by atoms with E-state index in [2.05, 4.69) is 11.4 Å². The van der Waals surface area contributed by atoms with Crippen molar-refractivity contribution in [2.75, 3.05) is 37.5 Å². The maximum Gasteiger partial charge on any atom is 0.339 e. The lowest BCUT2D eigenvalue weighted by Gasteiger charge is -2.30. The Balaban J connectivity index is 1.81. The van der Waals surface area contributed by atoms with Crippen molar-refractivity contribution in [3.63, 3.8) is 0 Å². The van der Waals surface area contributed by atoms with E-state index in [9.17, 15) is 14.4 Å². The zero-order valence-electron chi connectivity index (χ0n) is 15.9. The average Bonchev–Trinajstić information content (AvgIpc) is 2.72. The number of hydrogen-bond acceptors (Lipinski definition) is 6. The molecule has 1 aliphatic rings. The number of ether oxygens (including phenoxy) is 2. The molecule has 1 heterocycles. The van der Waals surface area contributed by atoms with Gasteiger partial charge in [-0.3, -0.25) is 4.79 Å². The number of rotatable bonds is 5. The van der Waals surface area contributed by atoms with Gasteiger partial charge in [0.15, 0.2) is 0 Å². The average molecular weight is 382 g/mol. The molecule has 0 atom stereocenters. The van der Waals surface area contributed by atoms with Crippen LogP contribution in [0, 0.1) is 0 Å². The maximum absolute atomic E-state index is 12.7. The van der Waals surface area contributed by atoms with E-state index >= 15 is 0 Å². The minimum absolute atomic E-state index is 0.139. The van der Waals surface area contributed by atoms with E-state index in [0.29, 0.717) is 0 Å². The fourth-order valence-corrected chi connectivity index (χ4v) is 3.32. The van der Waals surface area contributed by atoms with Gasteiger partial charge in [0.2, 0.25) is 5.91 Å². The van der Waals surface area contributed by atoms with Gasteiger partial charge in [-0.2, -0.15) is 0 Å². The zero-order valence-corrected chi connectivity index (χ0v) is 15.9. The fraction of sp³-hybridized carbons (Fsp3) is 0.286. The van der Waals surface area contributed by atoms with E-state index in [-0.39, 0.29) is 29.3 Å². The van der Waals surface area contributed by atoms with Crippen molar-refractivity contribution in [1.29, 1.82) is 0 Å². The van der Waals surface area contributed by atoms with Crippen LogP contribution in [0.1, 0.15) is 32.7 Å². The molecule has 1 N–H and O–H groups in total. The van der Waals surface area contributed by atoms with Crippen LogP contribution in [-0.4, -0.2) is 45.2 Å². The summed E-state index contributed by atoms with van der Waals surface area (Å²) in [5.74, 6) is -1.45. The van der Waals surface area contributed by atoms with Gasteiger partial charge in [-0.1, -0.05) is 18.2 Å². The molecule has 28 heavy (non-hydrogen) atoms. The number of anilines is 2. The summed E-state index contributed by atoms with van der Waals surface area (Å²) < 4.78 is 9.47. The van der Waals surface area contributed by atoms with Crippen LogP contribution in [-0.2, 0) is 20.7 Å². The Morgan fingerprint density at radius 1 is 1.04 bits per heavy atom. The summed E-state index contributed by atoms with van der Waals surface area (Å²) in [6.45, 7) is 0.913. The first kappa shape index (κ1) is 19.4. The van der Waals surface area contributed by atoms with Crippen molar-refractivity contribution in [2.45, 2.75) is 12.8 Å². The Morgan fingerprint density at radius 3 is 2.54 bits per heavy atom. The molecular formula is C21H22N2O5. The SMILES string of the molecule is COC(=O)c1ccc(C(=O)OC)c(NC(=O)CN2CCCc3ccccc32)c1. The molecule has 146 valence electrons. The lowest BCUT2D eigenvalue weighted by Crippen LogP contribution is -2.37. The second-order valence-electron chi connectivity index (χ2n) is 6.45. The quantitative estimate of drug-likeness (QED) is 0.801. The predicted octanol–water partition coefficient (Wildman–Crippen LogP) is 2.65. The second-order valence-corrected chi connectivity index (χ2v) is 6.45. The molecule has 3 rings (SSSR count). The lowest BCUT2D eigenvalue weighted by molar-refractivity contribution is -0.115. The Hall–Kier alpha value is -3.35. The molecule has 0 saturated carbocycles. The number of aryl methyl sites for hydroxylation is 1. The third-order valence-corrected chi connectivity index (χ3v) is 4.66. The minimum Gasteiger partial charge on any atom is -0.465 e. The highest BCUT2D eigenvalue weighted by Gasteiger charge is 2.21. The number of nitrogens with zero attached hydrogens (tertiary/aromatic N) is 1. The molecule has 0 saturated heterocycles. The molecule has 0 radical (unpaired) electrons. The van der Waals surface area contributed by atoms with Gasteiger partial charge in [0.05, 0.1) is 37.6 Å². The normalized spacial score (nSPS) is 12.7. The first-order valence-corrected chi connectivity index (χ1v) is 8.97. The first-order valence-electron chi connectivity index (χ1n) is 8.97. The van der Waals surface area contributed by atoms with E-state index in [4.69, 9.17) is 9.47 Å². The summed E-state index contributed by atoms with van der Waals surface area (Å²) in [4.78, 5) is 38.5. The summed E-state index contributed by atoms with van der Waals surface area (Å²) in [5, 5.41) is 2.73. The monoisotopic (exact) mass is 382 g/mol. The molecule has 7 nitrogen and oxygen atoms in total. The van der Waals surface area contributed by atoms with Crippen molar-refractivity contribution < 1.29 is 23.9 Å². The molecule has 0 unspecified atom stereocenters. The lowest BCUT2D eigenvalue weighted by atomic mass is 10.0. The Bertz CT molecular complexity index is 909. The van der Waals surface area contributed by atoms with Crippen LogP contribution in [0.5, 0.6) is 0 Å². The van der Waals surface area contributed by atoms with Crippen molar-refractivity contribution >= 4 is 29.2 Å². The van der Waals surface area contributed by atoms with Crippen molar-refractivity contribution in [3.8, 4) is 0 Å². The van der Waals surface area contributed by atoms with Gasteiger partial charge in [0.1, 0.15) is 0 Å². The van der Waals surface area contributed by atoms with Crippen LogP contribution in [0.25, 0.3) is 0 Å². The number of carbonyl (C=O) groups excluding carboxylic acids is 3. The van der Waals surface area contributed by atoms with Crippen LogP contribution in [0.2, 0.25) is 0 Å². The highest BCUT2D eigenvalue weighted by molar-refractivity contribution is 6.04. The highest BCUT2D eigenvalue weighted by atomic mass is 16.5. The number of carbonyl (C=O) groups is 3. The number of fused-ring (bicyclic) bond motifs is 1. The number of benzene rings is 2. The molecule has 0 aromatic heterocycles. The van der Waals surface area contributed by atoms with E-state index < -0.39 is 11.9 Å². The van der Waals surface area contributed by atoms with Gasteiger partial charge < -0.3 is 19.7 Å². The summed E-state index contributed by atoms with van der Waals surface area (Å²) in [6, 6.07) is 12.3. The zero-order chi connectivity index (χ0) is 20.1. The molecule has 2 aromatic carbocycles. The van der Waals surface area contributed by atoms with Gasteiger partial charge in [0.25, 0.3) is 0 Å². The van der Waals surface area contributed by atoms with Gasteiger partial charge in [-0.25, -0.2) is 9.59 Å². The van der Waals surface area contributed by atoms with Crippen molar-refractivity contribution in [2.24, 2.45) is 0 Å². The molecule has 1 aliphatic heterocycles. The van der Waals surface area contributed by atoms with Crippen LogP contribution < -0.4 is 10.2 Å². The number of amides is 1. The first-order chi connectivity index (χ1) is 13.5. The van der Waals surface area contributed by atoms with E-state index in [1.165, 1.54) is 38.0 Å². The molecule has 1 amide bonds. The molecule has 0 fully saturated rings. The van der Waals surface area contributed by atoms with Crippen LogP contribution >= 0.6 is 0 Å². The fourth-order valence-electron chi connectivity index (χ4n) is 3.32. The molecular weight excluding hydrogens is 360 g/mol. The number of hydrogen-bond donors (Lipinski definition) is 1. The number of methoxy groups -OCH3 is 2. The smallest absolute Gasteiger partial charge is 0.339 e. The number of esters is 2. The maximum atomic E-state index is 12.7. The highest BCUT2D eigenvalue weighted by Crippen LogP contribution is 2.26.